The van der Waals surface area contributed by atoms with Crippen LogP contribution in [0.2, 0.25) is 0 Å². The van der Waals surface area contributed by atoms with Crippen LogP contribution in [-0.4, -0.2) is 25.0 Å². The third-order valence-electron chi connectivity index (χ3n) is 0.432. The highest BCUT2D eigenvalue weighted by atomic mass is 32.2. The molecule has 7 heavy (non-hydrogen) atoms. The van der Waals surface area contributed by atoms with Gasteiger partial charge in [0.25, 0.3) is 0 Å². The lowest BCUT2D eigenvalue weighted by molar-refractivity contribution is -0.105. The largest absolute Gasteiger partial charge is 0.311 e. The van der Waals surface area contributed by atoms with Crippen LogP contribution in [0.3, 0.4) is 0 Å². The second kappa shape index (κ2) is 5.98. The molecule has 0 amide bonds. The molecule has 0 aromatic heterocycles. The summed E-state index contributed by atoms with van der Waals surface area (Å²) in [6.07, 6.45) is 0.905. The molecule has 0 unspecified atom stereocenters. The van der Waals surface area contributed by atoms with Crippen molar-refractivity contribution >= 4 is 18.0 Å². The smallest absolute Gasteiger partial charge is 0.129 e. The molecule has 1 N–H and O–H groups in total. The third-order valence-corrected chi connectivity index (χ3v) is 1.30. The van der Waals surface area contributed by atoms with Crippen LogP contribution in [-0.2, 0) is 4.79 Å². The Morgan fingerprint density at radius 3 is 3.00 bits per heavy atom. The van der Waals surface area contributed by atoms with Gasteiger partial charge in [-0.05, 0) is 7.05 Å². The molecule has 0 radical (unpaired) electrons. The van der Waals surface area contributed by atoms with Crippen LogP contribution < -0.4 is 5.32 Å². The molecule has 0 aliphatic heterocycles. The molecule has 42 valence electrons. The van der Waals surface area contributed by atoms with Gasteiger partial charge in [-0.3, -0.25) is 0 Å². The summed E-state index contributed by atoms with van der Waals surface area (Å²) in [4.78, 5) is 9.63. The molecule has 0 atom stereocenters. The number of nitrogens with one attached hydrogen (secondary N) is 1. The van der Waals surface area contributed by atoms with Crippen LogP contribution in [0.5, 0.6) is 0 Å². The van der Waals surface area contributed by atoms with E-state index in [0.717, 1.165) is 12.2 Å². The second-order valence-corrected chi connectivity index (χ2v) is 2.07. The zero-order valence-corrected chi connectivity index (χ0v) is 5.12. The molecule has 0 saturated heterocycles. The molecule has 0 aromatic rings. The van der Waals surface area contributed by atoms with Crippen molar-refractivity contribution in [2.45, 2.75) is 0 Å². The van der Waals surface area contributed by atoms with Crippen LogP contribution in [0.25, 0.3) is 0 Å². The van der Waals surface area contributed by atoms with Gasteiger partial charge in [0.1, 0.15) is 6.29 Å². The first-order chi connectivity index (χ1) is 3.41. The van der Waals surface area contributed by atoms with Crippen molar-refractivity contribution in [2.24, 2.45) is 0 Å². The van der Waals surface area contributed by atoms with E-state index in [1.165, 1.54) is 0 Å². The zero-order valence-electron chi connectivity index (χ0n) is 4.31. The number of hydrogen-bond acceptors (Lipinski definition) is 3. The normalized spacial score (nSPS) is 8.71. The lowest BCUT2D eigenvalue weighted by Crippen LogP contribution is -2.03. The molecule has 0 aromatic carbocycles. The van der Waals surface area contributed by atoms with Crippen molar-refractivity contribution in [3.8, 4) is 0 Å². The predicted molar refractivity (Wildman–Crippen MR) is 32.4 cm³/mol. The SMILES string of the molecule is CNCSCC=O. The van der Waals surface area contributed by atoms with Crippen molar-refractivity contribution in [2.75, 3.05) is 18.7 Å². The maximum absolute atomic E-state index is 9.63. The Morgan fingerprint density at radius 1 is 1.86 bits per heavy atom. The van der Waals surface area contributed by atoms with E-state index in [1.807, 2.05) is 7.05 Å². The average Bonchev–Trinajstić information content (AvgIpc) is 1.69. The maximum atomic E-state index is 9.63. The minimum absolute atomic E-state index is 0.598. The topological polar surface area (TPSA) is 29.1 Å². The summed E-state index contributed by atoms with van der Waals surface area (Å²) in [7, 11) is 1.86. The first kappa shape index (κ1) is 6.98. The first-order valence-corrected chi connectivity index (χ1v) is 3.23. The summed E-state index contributed by atoms with van der Waals surface area (Å²) < 4.78 is 0. The van der Waals surface area contributed by atoms with Crippen LogP contribution in [0.4, 0.5) is 0 Å². The van der Waals surface area contributed by atoms with Crippen LogP contribution in [0.1, 0.15) is 0 Å². The van der Waals surface area contributed by atoms with Gasteiger partial charge < -0.3 is 10.1 Å². The van der Waals surface area contributed by atoms with E-state index < -0.39 is 0 Å². The van der Waals surface area contributed by atoms with E-state index in [9.17, 15) is 4.79 Å². The van der Waals surface area contributed by atoms with Gasteiger partial charge in [-0.1, -0.05) is 0 Å². The van der Waals surface area contributed by atoms with E-state index in [-0.39, 0.29) is 0 Å². The minimum atomic E-state index is 0.598. The van der Waals surface area contributed by atoms with Crippen molar-refractivity contribution in [1.82, 2.24) is 5.32 Å². The summed E-state index contributed by atoms with van der Waals surface area (Å²) >= 11 is 1.57. The number of aldehydes is 1. The Balaban J connectivity index is 2.56. The summed E-state index contributed by atoms with van der Waals surface area (Å²) in [5.74, 6) is 1.46. The summed E-state index contributed by atoms with van der Waals surface area (Å²) in [5.41, 5.74) is 0. The second-order valence-electron chi connectivity index (χ2n) is 1.04. The number of thioether (sulfide) groups is 1. The van der Waals surface area contributed by atoms with E-state index in [1.54, 1.807) is 11.8 Å². The maximum Gasteiger partial charge on any atom is 0.129 e. The quantitative estimate of drug-likeness (QED) is 0.323. The fourth-order valence-electron chi connectivity index (χ4n) is 0.209. The molecule has 3 heteroatoms. The van der Waals surface area contributed by atoms with Crippen molar-refractivity contribution in [3.05, 3.63) is 0 Å². The molecule has 0 bridgehead atoms. The number of rotatable bonds is 4. The van der Waals surface area contributed by atoms with Gasteiger partial charge in [0, 0.05) is 5.88 Å². The molecule has 0 aliphatic rings. The molecular formula is C4H9NOS. The predicted octanol–water partition coefficient (Wildman–Crippen LogP) is 0.0954. The van der Waals surface area contributed by atoms with E-state index >= 15 is 0 Å². The third kappa shape index (κ3) is 5.98. The van der Waals surface area contributed by atoms with Crippen molar-refractivity contribution in [1.29, 1.82) is 0 Å². The van der Waals surface area contributed by atoms with E-state index in [0.29, 0.717) is 5.75 Å². The Kier molecular flexibility index (Phi) is 5.96. The van der Waals surface area contributed by atoms with Gasteiger partial charge >= 0.3 is 0 Å². The van der Waals surface area contributed by atoms with Crippen LogP contribution >= 0.6 is 11.8 Å². The van der Waals surface area contributed by atoms with E-state index in [4.69, 9.17) is 0 Å². The van der Waals surface area contributed by atoms with Gasteiger partial charge in [0.05, 0.1) is 5.75 Å². The first-order valence-electron chi connectivity index (χ1n) is 2.07. The summed E-state index contributed by atoms with van der Waals surface area (Å²) in [6.45, 7) is 0. The lowest BCUT2D eigenvalue weighted by Gasteiger charge is -1.89. The number of hydrogen-bond donors (Lipinski definition) is 1. The monoisotopic (exact) mass is 119 g/mol. The minimum Gasteiger partial charge on any atom is -0.311 e. The van der Waals surface area contributed by atoms with Crippen molar-refractivity contribution < 1.29 is 4.79 Å². The van der Waals surface area contributed by atoms with Gasteiger partial charge in [-0.15, -0.1) is 11.8 Å². The van der Waals surface area contributed by atoms with Gasteiger partial charge in [0.15, 0.2) is 0 Å². The highest BCUT2D eigenvalue weighted by molar-refractivity contribution is 7.99. The van der Waals surface area contributed by atoms with Gasteiger partial charge in [-0.25, -0.2) is 0 Å². The van der Waals surface area contributed by atoms with Gasteiger partial charge in [0.2, 0.25) is 0 Å². The summed E-state index contributed by atoms with van der Waals surface area (Å²) in [6, 6.07) is 0. The zero-order chi connectivity index (χ0) is 5.54. The lowest BCUT2D eigenvalue weighted by atomic mass is 10.9. The number of carbonyl (C=O) groups excluding carboxylic acids is 1. The Morgan fingerprint density at radius 2 is 2.57 bits per heavy atom. The Hall–Kier alpha value is -0.0200. The highest BCUT2D eigenvalue weighted by Gasteiger charge is 1.78. The molecular weight excluding hydrogens is 110 g/mol. The molecule has 0 spiro atoms. The van der Waals surface area contributed by atoms with Crippen LogP contribution in [0, 0.1) is 0 Å². The molecule has 0 rings (SSSR count). The van der Waals surface area contributed by atoms with Crippen LogP contribution in [0.15, 0.2) is 0 Å². The standard InChI is InChI=1S/C4H9NOS/c1-5-4-7-3-2-6/h2,5H,3-4H2,1H3. The molecule has 0 fully saturated rings. The number of carbonyl (C=O) groups is 1. The van der Waals surface area contributed by atoms with Crippen molar-refractivity contribution in [3.63, 3.8) is 0 Å². The molecule has 0 aliphatic carbocycles. The summed E-state index contributed by atoms with van der Waals surface area (Å²) in [5, 5.41) is 2.91. The fourth-order valence-corrected chi connectivity index (χ4v) is 0.627. The van der Waals surface area contributed by atoms with E-state index in [2.05, 4.69) is 5.32 Å². The highest BCUT2D eigenvalue weighted by Crippen LogP contribution is 1.90. The Labute approximate surface area is 47.7 Å². The molecule has 2 nitrogen and oxygen atoms in total. The fraction of sp³-hybridized carbons (Fsp3) is 0.750. The molecule has 0 saturated carbocycles. The Bertz CT molecular complexity index is 49.0. The van der Waals surface area contributed by atoms with Gasteiger partial charge in [-0.2, -0.15) is 0 Å². The molecule has 0 heterocycles. The average molecular weight is 119 g/mol.